The predicted octanol–water partition coefficient (Wildman–Crippen LogP) is 0.211. The first kappa shape index (κ1) is 16.4. The SMILES string of the molecule is CCn1nccc1S(=O)(=O)NCC(C)NC.Cl. The fourth-order valence-electron chi connectivity index (χ4n) is 1.20. The highest BCUT2D eigenvalue weighted by Gasteiger charge is 2.18. The first-order valence-electron chi connectivity index (χ1n) is 5.20. The van der Waals surface area contributed by atoms with Crippen LogP contribution in [0.1, 0.15) is 13.8 Å². The van der Waals surface area contributed by atoms with Gasteiger partial charge in [-0.1, -0.05) is 0 Å². The second-order valence-electron chi connectivity index (χ2n) is 3.53. The summed E-state index contributed by atoms with van der Waals surface area (Å²) in [7, 11) is -1.67. The monoisotopic (exact) mass is 282 g/mol. The maximum atomic E-state index is 11.9. The van der Waals surface area contributed by atoms with Crippen LogP contribution in [0.15, 0.2) is 17.3 Å². The van der Waals surface area contributed by atoms with Crippen LogP contribution in [0.3, 0.4) is 0 Å². The lowest BCUT2D eigenvalue weighted by Crippen LogP contribution is -2.37. The van der Waals surface area contributed by atoms with E-state index in [2.05, 4.69) is 15.1 Å². The van der Waals surface area contributed by atoms with Crippen LogP contribution in [0, 0.1) is 0 Å². The van der Waals surface area contributed by atoms with E-state index in [1.165, 1.54) is 16.9 Å². The van der Waals surface area contributed by atoms with Gasteiger partial charge >= 0.3 is 0 Å². The Kier molecular flexibility index (Phi) is 6.69. The molecule has 1 aromatic rings. The van der Waals surface area contributed by atoms with Crippen LogP contribution in [0.2, 0.25) is 0 Å². The van der Waals surface area contributed by atoms with Crippen molar-refractivity contribution >= 4 is 22.4 Å². The number of halogens is 1. The first-order chi connectivity index (χ1) is 7.51. The lowest BCUT2D eigenvalue weighted by molar-refractivity contribution is 0.530. The number of sulfonamides is 1. The van der Waals surface area contributed by atoms with E-state index in [9.17, 15) is 8.42 Å². The lowest BCUT2D eigenvalue weighted by Gasteiger charge is -2.12. The van der Waals surface area contributed by atoms with Crippen molar-refractivity contribution < 1.29 is 8.42 Å². The summed E-state index contributed by atoms with van der Waals surface area (Å²) >= 11 is 0. The molecule has 2 N–H and O–H groups in total. The number of rotatable bonds is 6. The Bertz CT molecular complexity index is 432. The Balaban J connectivity index is 0.00000256. The maximum Gasteiger partial charge on any atom is 0.257 e. The molecule has 8 heteroatoms. The summed E-state index contributed by atoms with van der Waals surface area (Å²) in [6.07, 6.45) is 1.49. The third-order valence-electron chi connectivity index (χ3n) is 2.32. The number of hydrogen-bond acceptors (Lipinski definition) is 4. The van der Waals surface area contributed by atoms with Crippen LogP contribution in [-0.2, 0) is 16.6 Å². The summed E-state index contributed by atoms with van der Waals surface area (Å²) < 4.78 is 27.8. The van der Waals surface area contributed by atoms with Gasteiger partial charge in [-0.15, -0.1) is 12.4 Å². The molecule has 1 unspecified atom stereocenters. The van der Waals surface area contributed by atoms with Crippen LogP contribution in [0.4, 0.5) is 0 Å². The molecule has 0 fully saturated rings. The number of hydrogen-bond donors (Lipinski definition) is 2. The van der Waals surface area contributed by atoms with Gasteiger partial charge in [0.25, 0.3) is 10.0 Å². The molecule has 17 heavy (non-hydrogen) atoms. The van der Waals surface area contributed by atoms with E-state index in [0.29, 0.717) is 13.1 Å². The van der Waals surface area contributed by atoms with Gasteiger partial charge in [-0.05, 0) is 27.0 Å². The van der Waals surface area contributed by atoms with E-state index in [0.717, 1.165) is 0 Å². The van der Waals surface area contributed by atoms with E-state index < -0.39 is 10.0 Å². The van der Waals surface area contributed by atoms with E-state index in [1.54, 1.807) is 7.05 Å². The Labute approximate surface area is 108 Å². The zero-order valence-corrected chi connectivity index (χ0v) is 11.8. The maximum absolute atomic E-state index is 11.9. The van der Waals surface area contributed by atoms with E-state index in [1.807, 2.05) is 13.8 Å². The van der Waals surface area contributed by atoms with Crippen molar-refractivity contribution in [3.05, 3.63) is 12.3 Å². The Morgan fingerprint density at radius 2 is 2.18 bits per heavy atom. The van der Waals surface area contributed by atoms with Crippen LogP contribution in [0.5, 0.6) is 0 Å². The number of aryl methyl sites for hydroxylation is 1. The van der Waals surface area contributed by atoms with Crippen LogP contribution < -0.4 is 10.0 Å². The fraction of sp³-hybridized carbons (Fsp3) is 0.667. The molecule has 1 rings (SSSR count). The minimum Gasteiger partial charge on any atom is -0.316 e. The average molecular weight is 283 g/mol. The van der Waals surface area contributed by atoms with Gasteiger partial charge in [-0.3, -0.25) is 4.68 Å². The second kappa shape index (κ2) is 6.95. The summed E-state index contributed by atoms with van der Waals surface area (Å²) in [5.74, 6) is 0. The molecule has 1 heterocycles. The van der Waals surface area contributed by atoms with Crippen LogP contribution in [0.25, 0.3) is 0 Å². The third kappa shape index (κ3) is 4.27. The molecule has 0 bridgehead atoms. The van der Waals surface area contributed by atoms with Crippen molar-refractivity contribution in [3.8, 4) is 0 Å². The van der Waals surface area contributed by atoms with Crippen molar-refractivity contribution in [2.24, 2.45) is 0 Å². The molecule has 0 aliphatic rings. The van der Waals surface area contributed by atoms with Gasteiger partial charge in [0.1, 0.15) is 0 Å². The Morgan fingerprint density at radius 1 is 1.53 bits per heavy atom. The Morgan fingerprint density at radius 3 is 2.71 bits per heavy atom. The van der Waals surface area contributed by atoms with Gasteiger partial charge in [0.15, 0.2) is 5.03 Å². The minimum atomic E-state index is -3.45. The van der Waals surface area contributed by atoms with Gasteiger partial charge in [-0.2, -0.15) is 5.10 Å². The van der Waals surface area contributed by atoms with Crippen molar-refractivity contribution in [2.75, 3.05) is 13.6 Å². The zero-order valence-electron chi connectivity index (χ0n) is 10.2. The van der Waals surface area contributed by atoms with Gasteiger partial charge in [-0.25, -0.2) is 13.1 Å². The number of nitrogens with zero attached hydrogens (tertiary/aromatic N) is 2. The van der Waals surface area contributed by atoms with Crippen molar-refractivity contribution in [2.45, 2.75) is 31.5 Å². The van der Waals surface area contributed by atoms with Crippen LogP contribution in [-0.4, -0.2) is 37.8 Å². The quantitative estimate of drug-likeness (QED) is 0.782. The second-order valence-corrected chi connectivity index (χ2v) is 5.24. The fourth-order valence-corrected chi connectivity index (χ4v) is 2.51. The number of aromatic nitrogens is 2. The number of likely N-dealkylation sites (N-methyl/N-ethyl adjacent to an activating group) is 1. The molecule has 0 aromatic carbocycles. The highest BCUT2D eigenvalue weighted by atomic mass is 35.5. The van der Waals surface area contributed by atoms with Crippen LogP contribution >= 0.6 is 12.4 Å². The molecule has 1 atom stereocenters. The van der Waals surface area contributed by atoms with E-state index in [4.69, 9.17) is 0 Å². The standard InChI is InChI=1S/C9H18N4O2S.ClH/c1-4-13-9(5-6-11-13)16(14,15)12-7-8(2)10-3;/h5-6,8,10,12H,4,7H2,1-3H3;1H. The topological polar surface area (TPSA) is 76.0 Å². The predicted molar refractivity (Wildman–Crippen MR) is 68.9 cm³/mol. The summed E-state index contributed by atoms with van der Waals surface area (Å²) in [6.45, 7) is 4.64. The summed E-state index contributed by atoms with van der Waals surface area (Å²) in [5, 5.41) is 7.10. The van der Waals surface area contributed by atoms with E-state index >= 15 is 0 Å². The van der Waals surface area contributed by atoms with E-state index in [-0.39, 0.29) is 23.5 Å². The molecule has 0 saturated heterocycles. The lowest BCUT2D eigenvalue weighted by atomic mass is 10.4. The molecule has 0 saturated carbocycles. The smallest absolute Gasteiger partial charge is 0.257 e. The Hall–Kier alpha value is -0.630. The average Bonchev–Trinajstić information content (AvgIpc) is 2.74. The normalized spacial score (nSPS) is 13.1. The molecular weight excluding hydrogens is 264 g/mol. The van der Waals surface area contributed by atoms with Crippen molar-refractivity contribution in [3.63, 3.8) is 0 Å². The largest absolute Gasteiger partial charge is 0.316 e. The molecule has 6 nitrogen and oxygen atoms in total. The molecule has 0 spiro atoms. The molecule has 100 valence electrons. The van der Waals surface area contributed by atoms with Gasteiger partial charge in [0.2, 0.25) is 0 Å². The van der Waals surface area contributed by atoms with Gasteiger partial charge < -0.3 is 5.32 Å². The first-order valence-corrected chi connectivity index (χ1v) is 6.68. The van der Waals surface area contributed by atoms with Crippen molar-refractivity contribution in [1.82, 2.24) is 19.8 Å². The highest BCUT2D eigenvalue weighted by Crippen LogP contribution is 2.07. The zero-order chi connectivity index (χ0) is 12.2. The minimum absolute atomic E-state index is 0. The highest BCUT2D eigenvalue weighted by molar-refractivity contribution is 7.89. The third-order valence-corrected chi connectivity index (χ3v) is 3.77. The molecular formula is C9H19ClN4O2S. The summed E-state index contributed by atoms with van der Waals surface area (Å²) in [6, 6.07) is 1.59. The summed E-state index contributed by atoms with van der Waals surface area (Å²) in [4.78, 5) is 0. The molecule has 0 aliphatic carbocycles. The van der Waals surface area contributed by atoms with Crippen molar-refractivity contribution in [1.29, 1.82) is 0 Å². The van der Waals surface area contributed by atoms with Gasteiger partial charge in [0, 0.05) is 19.1 Å². The number of nitrogens with one attached hydrogen (secondary N) is 2. The molecule has 0 aliphatic heterocycles. The molecule has 0 radical (unpaired) electrons. The summed E-state index contributed by atoms with van der Waals surface area (Å²) in [5.41, 5.74) is 0. The van der Waals surface area contributed by atoms with Gasteiger partial charge in [0.05, 0.1) is 6.20 Å². The molecule has 1 aromatic heterocycles. The molecule has 0 amide bonds.